The fourth-order valence-electron chi connectivity index (χ4n) is 3.91. The average Bonchev–Trinajstić information content (AvgIpc) is 3.23. The molecule has 4 rings (SSSR count). The van der Waals surface area contributed by atoms with Crippen LogP contribution >= 0.6 is 11.3 Å². The molecule has 0 aliphatic rings. The van der Waals surface area contributed by atoms with Crippen molar-refractivity contribution in [1.29, 1.82) is 0 Å². The van der Waals surface area contributed by atoms with Crippen LogP contribution in [0.2, 0.25) is 18.1 Å². The van der Waals surface area contributed by atoms with Crippen molar-refractivity contribution in [2.45, 2.75) is 52.2 Å². The number of hydrogen-bond donors (Lipinski definition) is 0. The molecule has 0 atom stereocenters. The molecule has 0 amide bonds. The maximum atomic E-state index is 13.8. The molecule has 0 radical (unpaired) electrons. The third-order valence-electron chi connectivity index (χ3n) is 6.99. The quantitative estimate of drug-likeness (QED) is 0.142. The van der Waals surface area contributed by atoms with E-state index >= 15 is 0 Å². The van der Waals surface area contributed by atoms with Crippen molar-refractivity contribution >= 4 is 19.7 Å². The summed E-state index contributed by atoms with van der Waals surface area (Å²) in [4.78, 5) is 6.31. The van der Waals surface area contributed by atoms with Crippen LogP contribution < -0.4 is 0 Å². The topological polar surface area (TPSA) is 22.1 Å². The summed E-state index contributed by atoms with van der Waals surface area (Å²) in [5, 5.41) is 0.177. The van der Waals surface area contributed by atoms with Gasteiger partial charge in [0.15, 0.2) is 8.32 Å². The molecule has 2 nitrogen and oxygen atoms in total. The molecular weight excluding hydrogens is 494 g/mol. The molecule has 2 heterocycles. The van der Waals surface area contributed by atoms with Crippen molar-refractivity contribution in [2.75, 3.05) is 6.61 Å². The van der Waals surface area contributed by atoms with Crippen molar-refractivity contribution < 1.29 is 8.82 Å². The van der Waals surface area contributed by atoms with Crippen LogP contribution in [-0.2, 0) is 4.43 Å². The van der Waals surface area contributed by atoms with Crippen molar-refractivity contribution in [3.63, 3.8) is 0 Å². The zero-order valence-electron chi connectivity index (χ0n) is 22.5. The molecule has 0 fully saturated rings. The molecule has 5 heteroatoms. The Balaban J connectivity index is 1.81. The lowest BCUT2D eigenvalue weighted by molar-refractivity contribution is 0.296. The van der Waals surface area contributed by atoms with Crippen LogP contribution in [0.15, 0.2) is 73.1 Å². The van der Waals surface area contributed by atoms with E-state index in [1.165, 1.54) is 17.7 Å². The molecule has 37 heavy (non-hydrogen) atoms. The highest BCUT2D eigenvalue weighted by Crippen LogP contribution is 2.48. The van der Waals surface area contributed by atoms with E-state index in [-0.39, 0.29) is 10.9 Å². The summed E-state index contributed by atoms with van der Waals surface area (Å²) in [6, 6.07) is 19.3. The van der Waals surface area contributed by atoms with Gasteiger partial charge in [0, 0.05) is 41.4 Å². The number of thiophene rings is 1. The summed E-state index contributed by atoms with van der Waals surface area (Å²) in [7, 11) is -1.80. The summed E-state index contributed by atoms with van der Waals surface area (Å²) in [6.45, 7) is 14.0. The number of aromatic nitrogens is 1. The van der Waals surface area contributed by atoms with E-state index in [9.17, 15) is 4.39 Å². The molecule has 0 saturated heterocycles. The van der Waals surface area contributed by atoms with Crippen molar-refractivity contribution in [1.82, 2.24) is 4.98 Å². The third kappa shape index (κ3) is 6.27. The number of halogens is 1. The van der Waals surface area contributed by atoms with Gasteiger partial charge in [-0.3, -0.25) is 4.98 Å². The number of pyridine rings is 1. The first kappa shape index (κ1) is 27.0. The highest BCUT2D eigenvalue weighted by Gasteiger charge is 2.36. The van der Waals surface area contributed by atoms with Crippen LogP contribution in [-0.4, -0.2) is 19.9 Å². The fourth-order valence-corrected chi connectivity index (χ4v) is 6.18. The van der Waals surface area contributed by atoms with Crippen molar-refractivity contribution in [2.24, 2.45) is 0 Å². The Morgan fingerprint density at radius 3 is 2.27 bits per heavy atom. The zero-order chi connectivity index (χ0) is 26.6. The van der Waals surface area contributed by atoms with Gasteiger partial charge in [-0.05, 0) is 66.0 Å². The van der Waals surface area contributed by atoms with Gasteiger partial charge in [-0.1, -0.05) is 74.6 Å². The molecular formula is C32H34FNOSSi. The second-order valence-corrected chi connectivity index (χ2v) is 16.6. The normalized spacial score (nSPS) is 11.8. The Morgan fingerprint density at radius 2 is 1.62 bits per heavy atom. The molecule has 0 aliphatic carbocycles. The Morgan fingerprint density at radius 1 is 0.919 bits per heavy atom. The fraction of sp³-hybridized carbons (Fsp3) is 0.281. The molecule has 0 saturated carbocycles. The Bertz CT molecular complexity index is 1420. The minimum absolute atomic E-state index is 0.177. The Hall–Kier alpha value is -3.04. The summed E-state index contributed by atoms with van der Waals surface area (Å²) in [6.07, 6.45) is 4.30. The van der Waals surface area contributed by atoms with Crippen LogP contribution in [0.3, 0.4) is 0 Å². The van der Waals surface area contributed by atoms with Gasteiger partial charge in [-0.2, -0.15) is 0 Å². The molecule has 0 N–H and O–H groups in total. The van der Waals surface area contributed by atoms with Crippen LogP contribution in [0.25, 0.3) is 32.7 Å². The summed E-state index contributed by atoms with van der Waals surface area (Å²) >= 11 is 1.66. The minimum atomic E-state index is -1.80. The molecule has 0 bridgehead atoms. The van der Waals surface area contributed by atoms with E-state index in [1.54, 1.807) is 11.3 Å². The lowest BCUT2D eigenvalue weighted by Gasteiger charge is -2.35. The van der Waals surface area contributed by atoms with Crippen molar-refractivity contribution in [3.05, 3.63) is 89.3 Å². The second-order valence-electron chi connectivity index (χ2n) is 10.8. The number of rotatable bonds is 6. The Kier molecular flexibility index (Phi) is 8.13. The second kappa shape index (κ2) is 11.1. The number of hydrogen-bond acceptors (Lipinski definition) is 3. The predicted octanol–water partition coefficient (Wildman–Crippen LogP) is 9.36. The first-order chi connectivity index (χ1) is 17.6. The minimum Gasteiger partial charge on any atom is -0.416 e. The maximum Gasteiger partial charge on any atom is 0.192 e. The van der Waals surface area contributed by atoms with Crippen LogP contribution in [0, 0.1) is 24.6 Å². The summed E-state index contributed by atoms with van der Waals surface area (Å²) < 4.78 is 20.1. The third-order valence-corrected chi connectivity index (χ3v) is 12.7. The zero-order valence-corrected chi connectivity index (χ0v) is 24.3. The highest BCUT2D eigenvalue weighted by atomic mass is 32.1. The Labute approximate surface area is 225 Å². The maximum absolute atomic E-state index is 13.8. The van der Waals surface area contributed by atoms with Gasteiger partial charge in [-0.15, -0.1) is 11.3 Å². The number of nitrogens with zero attached hydrogens (tertiary/aromatic N) is 1. The van der Waals surface area contributed by atoms with Gasteiger partial charge in [0.2, 0.25) is 0 Å². The highest BCUT2D eigenvalue weighted by molar-refractivity contribution is 7.17. The molecule has 0 unspecified atom stereocenters. The van der Waals surface area contributed by atoms with Gasteiger partial charge in [0.05, 0.1) is 4.88 Å². The van der Waals surface area contributed by atoms with E-state index < -0.39 is 8.32 Å². The van der Waals surface area contributed by atoms with E-state index in [4.69, 9.17) is 4.43 Å². The molecule has 0 spiro atoms. The van der Waals surface area contributed by atoms with E-state index in [0.29, 0.717) is 13.0 Å². The van der Waals surface area contributed by atoms with E-state index in [2.05, 4.69) is 81.9 Å². The van der Waals surface area contributed by atoms with Crippen LogP contribution in [0.1, 0.15) is 37.6 Å². The average molecular weight is 528 g/mol. The smallest absolute Gasteiger partial charge is 0.192 e. The monoisotopic (exact) mass is 527 g/mol. The van der Waals surface area contributed by atoms with Crippen LogP contribution in [0.5, 0.6) is 0 Å². The molecule has 2 aromatic heterocycles. The van der Waals surface area contributed by atoms with Gasteiger partial charge >= 0.3 is 0 Å². The first-order valence-corrected chi connectivity index (χ1v) is 16.3. The first-order valence-electron chi connectivity index (χ1n) is 12.6. The lowest BCUT2D eigenvalue weighted by Crippen LogP contribution is -2.40. The SMILES string of the molecule is Cc1cccc(-c2c(C#CCCO[Si](C)(C)C(C)(C)C)sc(-c3ccc(F)cc3)c2-c2ccncc2)c1. The molecule has 2 aromatic carbocycles. The van der Waals surface area contributed by atoms with E-state index in [1.807, 2.05) is 36.7 Å². The molecule has 4 aromatic rings. The predicted molar refractivity (Wildman–Crippen MR) is 158 cm³/mol. The van der Waals surface area contributed by atoms with Crippen LogP contribution in [0.4, 0.5) is 4.39 Å². The summed E-state index contributed by atoms with van der Waals surface area (Å²) in [5.74, 6) is 6.63. The van der Waals surface area contributed by atoms with Gasteiger partial charge < -0.3 is 4.43 Å². The van der Waals surface area contributed by atoms with E-state index in [0.717, 1.165) is 37.6 Å². The standard InChI is InChI=1S/C32H34FNOSSi/c1-23-10-9-11-26(22-23)29-28(12-7-8-21-35-37(5,6)32(2,3)4)36-31(25-13-15-27(33)16-14-25)30(29)24-17-19-34-20-18-24/h9-11,13-20,22H,8,21H2,1-6H3. The molecule has 0 aliphatic heterocycles. The van der Waals surface area contributed by atoms with Gasteiger partial charge in [0.25, 0.3) is 0 Å². The van der Waals surface area contributed by atoms with Crippen molar-refractivity contribution in [3.8, 4) is 44.5 Å². The molecule has 190 valence electrons. The van der Waals surface area contributed by atoms with Gasteiger partial charge in [-0.25, -0.2) is 4.39 Å². The summed E-state index contributed by atoms with van der Waals surface area (Å²) in [5.41, 5.74) is 6.56. The number of benzene rings is 2. The number of aryl methyl sites for hydroxylation is 1. The largest absolute Gasteiger partial charge is 0.416 e. The lowest BCUT2D eigenvalue weighted by atomic mass is 9.93. The van der Waals surface area contributed by atoms with Gasteiger partial charge in [0.1, 0.15) is 5.82 Å².